The number of Topliss-reactive ketones (excluding diaryl/α,β-unsaturated/α-hetero) is 2. The average molecular weight is 427 g/mol. The van der Waals surface area contributed by atoms with Crippen LogP contribution < -0.4 is 4.31 Å². The molecule has 2 aromatic carbocycles. The van der Waals surface area contributed by atoms with Crippen LogP contribution in [-0.4, -0.2) is 38.3 Å². The van der Waals surface area contributed by atoms with Gasteiger partial charge >= 0.3 is 0 Å². The second-order valence-electron chi connectivity index (χ2n) is 7.38. The van der Waals surface area contributed by atoms with Gasteiger partial charge in [0.25, 0.3) is 0 Å². The molecule has 158 valence electrons. The van der Waals surface area contributed by atoms with E-state index >= 15 is 0 Å². The van der Waals surface area contributed by atoms with Crippen LogP contribution >= 0.6 is 0 Å². The summed E-state index contributed by atoms with van der Waals surface area (Å²) in [5, 5.41) is 0.693. The third-order valence-corrected chi connectivity index (χ3v) is 6.37. The van der Waals surface area contributed by atoms with Crippen molar-refractivity contribution in [3.63, 3.8) is 0 Å². The molecule has 0 unspecified atom stereocenters. The van der Waals surface area contributed by atoms with Crippen LogP contribution in [0, 0.1) is 0 Å². The van der Waals surface area contributed by atoms with Crippen molar-refractivity contribution in [2.45, 2.75) is 32.6 Å². The Bertz CT molecular complexity index is 1180. The third kappa shape index (κ3) is 4.31. The minimum atomic E-state index is -3.55. The number of rotatable bonds is 9. The summed E-state index contributed by atoms with van der Waals surface area (Å²) in [6, 6.07) is 14.5. The molecule has 1 aromatic heterocycles. The number of ketones is 2. The van der Waals surface area contributed by atoms with E-state index in [1.807, 2.05) is 43.3 Å². The van der Waals surface area contributed by atoms with Crippen LogP contribution in [0.3, 0.4) is 0 Å². The molecule has 0 spiro atoms. The molecule has 6 nitrogen and oxygen atoms in total. The van der Waals surface area contributed by atoms with Crippen LogP contribution in [0.1, 0.15) is 43.0 Å². The van der Waals surface area contributed by atoms with Gasteiger partial charge in [0.05, 0.1) is 11.8 Å². The van der Waals surface area contributed by atoms with Gasteiger partial charge in [0, 0.05) is 30.0 Å². The second kappa shape index (κ2) is 8.83. The fourth-order valence-electron chi connectivity index (χ4n) is 3.49. The van der Waals surface area contributed by atoms with Gasteiger partial charge in [0.1, 0.15) is 5.82 Å². The Labute approximate surface area is 177 Å². The normalized spacial score (nSPS) is 11.6. The first-order valence-electron chi connectivity index (χ1n) is 9.97. The Kier molecular flexibility index (Phi) is 6.41. The van der Waals surface area contributed by atoms with E-state index in [0.29, 0.717) is 28.7 Å². The van der Waals surface area contributed by atoms with Crippen molar-refractivity contribution < 1.29 is 18.0 Å². The number of H-pyrrole nitrogens is 1. The highest BCUT2D eigenvalue weighted by Gasteiger charge is 2.25. The van der Waals surface area contributed by atoms with Gasteiger partial charge in [-0.3, -0.25) is 13.9 Å². The maximum atomic E-state index is 12.9. The summed E-state index contributed by atoms with van der Waals surface area (Å²) in [7, 11) is -2.09. The van der Waals surface area contributed by atoms with Crippen LogP contribution in [0.5, 0.6) is 0 Å². The van der Waals surface area contributed by atoms with Crippen molar-refractivity contribution in [1.82, 2.24) is 4.98 Å². The molecule has 0 aliphatic carbocycles. The topological polar surface area (TPSA) is 87.3 Å². The van der Waals surface area contributed by atoms with Crippen molar-refractivity contribution in [3.8, 4) is 11.1 Å². The number of nitrogens with one attached hydrogen (secondary N) is 1. The predicted octanol–water partition coefficient (Wildman–Crippen LogP) is 4.56. The van der Waals surface area contributed by atoms with Gasteiger partial charge in [0.2, 0.25) is 21.6 Å². The minimum absolute atomic E-state index is 0.214. The first-order chi connectivity index (χ1) is 14.3. The number of hydrogen-bond donors (Lipinski definition) is 1. The Balaban J connectivity index is 2.19. The van der Waals surface area contributed by atoms with Crippen molar-refractivity contribution in [1.29, 1.82) is 0 Å². The summed E-state index contributed by atoms with van der Waals surface area (Å²) in [5.41, 5.74) is 2.22. The quantitative estimate of drug-likeness (QED) is 0.309. The zero-order chi connectivity index (χ0) is 21.9. The molecule has 0 aliphatic heterocycles. The molecule has 3 rings (SSSR count). The first kappa shape index (κ1) is 21.8. The molecular weight excluding hydrogens is 400 g/mol. The molecule has 0 amide bonds. The monoisotopic (exact) mass is 426 g/mol. The van der Waals surface area contributed by atoms with E-state index in [1.165, 1.54) is 7.05 Å². The van der Waals surface area contributed by atoms with Gasteiger partial charge in [-0.25, -0.2) is 8.42 Å². The summed E-state index contributed by atoms with van der Waals surface area (Å²) in [6.45, 7) is 2.04. The van der Waals surface area contributed by atoms with Gasteiger partial charge in [-0.2, -0.15) is 0 Å². The highest BCUT2D eigenvalue weighted by Crippen LogP contribution is 2.39. The Morgan fingerprint density at radius 1 is 1.00 bits per heavy atom. The zero-order valence-electron chi connectivity index (χ0n) is 17.4. The summed E-state index contributed by atoms with van der Waals surface area (Å²) in [5.74, 6) is -0.617. The molecule has 3 aromatic rings. The molecule has 0 bridgehead atoms. The highest BCUT2D eigenvalue weighted by atomic mass is 32.2. The molecule has 0 saturated carbocycles. The smallest absolute Gasteiger partial charge is 0.233 e. The number of sulfonamides is 1. The van der Waals surface area contributed by atoms with E-state index in [0.717, 1.165) is 29.0 Å². The van der Waals surface area contributed by atoms with Crippen molar-refractivity contribution >= 4 is 38.3 Å². The SMILES string of the molecule is CCCCCC(=O)C(=O)c1cccc2c(-c3ccccc3)c(N(C)S(C)(=O)=O)[nH]c12. The minimum Gasteiger partial charge on any atom is -0.339 e. The number of anilines is 1. The molecule has 30 heavy (non-hydrogen) atoms. The number of para-hydroxylation sites is 1. The number of fused-ring (bicyclic) bond motifs is 1. The Morgan fingerprint density at radius 3 is 2.33 bits per heavy atom. The lowest BCUT2D eigenvalue weighted by molar-refractivity contribution is -0.115. The fourth-order valence-corrected chi connectivity index (χ4v) is 3.96. The lowest BCUT2D eigenvalue weighted by Crippen LogP contribution is -2.25. The average Bonchev–Trinajstić information content (AvgIpc) is 3.12. The number of aromatic nitrogens is 1. The second-order valence-corrected chi connectivity index (χ2v) is 9.40. The predicted molar refractivity (Wildman–Crippen MR) is 120 cm³/mol. The Hall–Kier alpha value is -2.93. The molecule has 0 fully saturated rings. The summed E-state index contributed by atoms with van der Waals surface area (Å²) < 4.78 is 25.7. The maximum Gasteiger partial charge on any atom is 0.233 e. The van der Waals surface area contributed by atoms with E-state index in [1.54, 1.807) is 12.1 Å². The largest absolute Gasteiger partial charge is 0.339 e. The summed E-state index contributed by atoms with van der Waals surface area (Å²) >= 11 is 0. The van der Waals surface area contributed by atoms with Crippen LogP contribution in [0.15, 0.2) is 48.5 Å². The summed E-state index contributed by atoms with van der Waals surface area (Å²) in [6.07, 6.45) is 3.88. The molecule has 0 atom stereocenters. The van der Waals surface area contributed by atoms with Gasteiger partial charge < -0.3 is 4.98 Å². The lowest BCUT2D eigenvalue weighted by atomic mass is 9.98. The van der Waals surface area contributed by atoms with Gasteiger partial charge in [-0.1, -0.05) is 62.2 Å². The van der Waals surface area contributed by atoms with Crippen molar-refractivity contribution in [3.05, 3.63) is 54.1 Å². The number of nitrogens with zero attached hydrogens (tertiary/aromatic N) is 1. The highest BCUT2D eigenvalue weighted by molar-refractivity contribution is 7.92. The van der Waals surface area contributed by atoms with Gasteiger partial charge in [0.15, 0.2) is 0 Å². The van der Waals surface area contributed by atoms with Crippen LogP contribution in [-0.2, 0) is 14.8 Å². The van der Waals surface area contributed by atoms with Crippen molar-refractivity contribution in [2.24, 2.45) is 0 Å². The third-order valence-electron chi connectivity index (χ3n) is 5.19. The fraction of sp³-hybridized carbons (Fsp3) is 0.304. The molecule has 0 saturated heterocycles. The first-order valence-corrected chi connectivity index (χ1v) is 11.8. The maximum absolute atomic E-state index is 12.9. The Morgan fingerprint density at radius 2 is 1.70 bits per heavy atom. The molecule has 1 N–H and O–H groups in total. The summed E-state index contributed by atoms with van der Waals surface area (Å²) in [4.78, 5) is 28.4. The van der Waals surface area contributed by atoms with E-state index in [-0.39, 0.29) is 12.0 Å². The lowest BCUT2D eigenvalue weighted by Gasteiger charge is -2.17. The number of unbranched alkanes of at least 4 members (excludes halogenated alkanes) is 2. The molecule has 7 heteroatoms. The zero-order valence-corrected chi connectivity index (χ0v) is 18.3. The van der Waals surface area contributed by atoms with Crippen LogP contribution in [0.4, 0.5) is 5.82 Å². The number of carbonyl (C=O) groups excluding carboxylic acids is 2. The molecule has 0 aliphatic rings. The van der Waals surface area contributed by atoms with Gasteiger partial charge in [-0.15, -0.1) is 0 Å². The van der Waals surface area contributed by atoms with Crippen LogP contribution in [0.25, 0.3) is 22.0 Å². The van der Waals surface area contributed by atoms with Gasteiger partial charge in [-0.05, 0) is 18.1 Å². The number of hydrogen-bond acceptors (Lipinski definition) is 4. The number of carbonyl (C=O) groups is 2. The van der Waals surface area contributed by atoms with E-state index in [4.69, 9.17) is 0 Å². The molecular formula is C23H26N2O4S. The number of aromatic amines is 1. The number of benzene rings is 2. The standard InChI is InChI=1S/C23H26N2O4S/c1-4-5-7-15-19(26)22(27)18-14-10-13-17-20(16-11-8-6-9-12-16)23(24-21(17)18)25(2)30(3,28)29/h6,8-14,24H,4-5,7,15H2,1-3H3. The van der Waals surface area contributed by atoms with E-state index in [9.17, 15) is 18.0 Å². The van der Waals surface area contributed by atoms with Crippen LogP contribution in [0.2, 0.25) is 0 Å². The van der Waals surface area contributed by atoms with E-state index < -0.39 is 21.6 Å². The molecule has 0 radical (unpaired) electrons. The molecule has 1 heterocycles. The van der Waals surface area contributed by atoms with E-state index in [2.05, 4.69) is 4.98 Å². The van der Waals surface area contributed by atoms with Crippen molar-refractivity contribution in [2.75, 3.05) is 17.6 Å².